The summed E-state index contributed by atoms with van der Waals surface area (Å²) in [6, 6.07) is 0. The zero-order valence-electron chi connectivity index (χ0n) is 15.1. The van der Waals surface area contributed by atoms with Crippen molar-refractivity contribution in [2.45, 2.75) is 84.7 Å². The van der Waals surface area contributed by atoms with Gasteiger partial charge in [0.15, 0.2) is 0 Å². The van der Waals surface area contributed by atoms with E-state index in [-0.39, 0.29) is 19.3 Å². The summed E-state index contributed by atoms with van der Waals surface area (Å²) in [5.74, 6) is -0.865. The van der Waals surface area contributed by atoms with Gasteiger partial charge < -0.3 is 14.2 Å². The fraction of sp³-hybridized carbons (Fsp3) is 0.889. The van der Waals surface area contributed by atoms with Gasteiger partial charge in [0, 0.05) is 0 Å². The first-order valence-electron chi connectivity index (χ1n) is 9.03. The molecular formula is C18H34O5. The lowest BCUT2D eigenvalue weighted by Gasteiger charge is -2.12. The predicted molar refractivity (Wildman–Crippen MR) is 90.2 cm³/mol. The van der Waals surface area contributed by atoms with Crippen LogP contribution in [0.2, 0.25) is 0 Å². The maximum Gasteiger partial charge on any atom is 0.332 e. The zero-order valence-corrected chi connectivity index (χ0v) is 15.1. The fourth-order valence-corrected chi connectivity index (χ4v) is 2.23. The first-order chi connectivity index (χ1) is 11.1. The minimum absolute atomic E-state index is 0.111. The SMILES string of the molecule is CCCCCCCCCOC(=O)COCC(=O)OC(C)CCC. The van der Waals surface area contributed by atoms with E-state index in [1.54, 1.807) is 0 Å². The fourth-order valence-electron chi connectivity index (χ4n) is 2.23. The Labute approximate surface area is 141 Å². The molecule has 0 fully saturated rings. The van der Waals surface area contributed by atoms with Crippen LogP contribution >= 0.6 is 0 Å². The molecule has 0 aliphatic heterocycles. The van der Waals surface area contributed by atoms with Gasteiger partial charge in [-0.05, 0) is 19.8 Å². The van der Waals surface area contributed by atoms with Gasteiger partial charge in [-0.1, -0.05) is 58.8 Å². The Hall–Kier alpha value is -1.10. The largest absolute Gasteiger partial charge is 0.464 e. The molecule has 1 atom stereocenters. The maximum absolute atomic E-state index is 11.4. The van der Waals surface area contributed by atoms with Gasteiger partial charge in [0.1, 0.15) is 13.2 Å². The highest BCUT2D eigenvalue weighted by molar-refractivity contribution is 5.73. The van der Waals surface area contributed by atoms with Crippen LogP contribution in [0.3, 0.4) is 0 Å². The van der Waals surface area contributed by atoms with E-state index in [0.29, 0.717) is 6.61 Å². The Bertz CT molecular complexity index is 304. The second-order valence-electron chi connectivity index (χ2n) is 5.92. The molecule has 1 unspecified atom stereocenters. The monoisotopic (exact) mass is 330 g/mol. The van der Waals surface area contributed by atoms with E-state index in [0.717, 1.165) is 25.7 Å². The molecule has 0 spiro atoms. The van der Waals surface area contributed by atoms with Gasteiger partial charge in [-0.3, -0.25) is 0 Å². The number of hydrogen-bond donors (Lipinski definition) is 0. The summed E-state index contributed by atoms with van der Waals surface area (Å²) in [5, 5.41) is 0. The summed E-state index contributed by atoms with van der Waals surface area (Å²) in [5.41, 5.74) is 0. The molecule has 0 saturated heterocycles. The van der Waals surface area contributed by atoms with E-state index < -0.39 is 11.9 Å². The minimum Gasteiger partial charge on any atom is -0.464 e. The third-order valence-corrected chi connectivity index (χ3v) is 3.48. The average Bonchev–Trinajstić information content (AvgIpc) is 2.50. The quantitative estimate of drug-likeness (QED) is 0.335. The van der Waals surface area contributed by atoms with Gasteiger partial charge in [0.25, 0.3) is 0 Å². The Balaban J connectivity index is 3.41. The average molecular weight is 330 g/mol. The van der Waals surface area contributed by atoms with E-state index in [1.165, 1.54) is 32.1 Å². The van der Waals surface area contributed by atoms with Crippen molar-refractivity contribution in [2.24, 2.45) is 0 Å². The number of ether oxygens (including phenoxy) is 3. The van der Waals surface area contributed by atoms with E-state index in [9.17, 15) is 9.59 Å². The van der Waals surface area contributed by atoms with Crippen LogP contribution in [0.1, 0.15) is 78.6 Å². The highest BCUT2D eigenvalue weighted by Gasteiger charge is 2.10. The Kier molecular flexibility index (Phi) is 15.0. The van der Waals surface area contributed by atoms with E-state index in [4.69, 9.17) is 14.2 Å². The van der Waals surface area contributed by atoms with Crippen molar-refractivity contribution in [2.75, 3.05) is 19.8 Å². The summed E-state index contributed by atoms with van der Waals surface area (Å²) in [7, 11) is 0. The molecule has 0 radical (unpaired) electrons. The Morgan fingerprint density at radius 1 is 0.826 bits per heavy atom. The maximum atomic E-state index is 11.4. The molecule has 23 heavy (non-hydrogen) atoms. The van der Waals surface area contributed by atoms with Gasteiger partial charge >= 0.3 is 11.9 Å². The first-order valence-corrected chi connectivity index (χ1v) is 9.03. The Morgan fingerprint density at radius 3 is 2.09 bits per heavy atom. The van der Waals surface area contributed by atoms with Crippen molar-refractivity contribution in [1.82, 2.24) is 0 Å². The van der Waals surface area contributed by atoms with Gasteiger partial charge in [-0.15, -0.1) is 0 Å². The number of unbranched alkanes of at least 4 members (excludes halogenated alkanes) is 6. The van der Waals surface area contributed by atoms with E-state index in [2.05, 4.69) is 6.92 Å². The van der Waals surface area contributed by atoms with Crippen molar-refractivity contribution in [1.29, 1.82) is 0 Å². The molecule has 0 aromatic carbocycles. The smallest absolute Gasteiger partial charge is 0.332 e. The first kappa shape index (κ1) is 21.9. The van der Waals surface area contributed by atoms with Crippen LogP contribution < -0.4 is 0 Å². The molecule has 0 aromatic heterocycles. The molecule has 0 heterocycles. The summed E-state index contributed by atoms with van der Waals surface area (Å²) < 4.78 is 15.2. The molecule has 5 heteroatoms. The van der Waals surface area contributed by atoms with Crippen LogP contribution in [0.4, 0.5) is 0 Å². The molecule has 0 amide bonds. The van der Waals surface area contributed by atoms with Crippen molar-refractivity contribution < 1.29 is 23.8 Å². The molecule has 0 saturated carbocycles. The number of carbonyl (C=O) groups is 2. The van der Waals surface area contributed by atoms with Crippen molar-refractivity contribution in [3.63, 3.8) is 0 Å². The van der Waals surface area contributed by atoms with Crippen molar-refractivity contribution in [3.05, 3.63) is 0 Å². The van der Waals surface area contributed by atoms with Gasteiger partial charge in [0.2, 0.25) is 0 Å². The number of rotatable bonds is 15. The van der Waals surface area contributed by atoms with E-state index >= 15 is 0 Å². The van der Waals surface area contributed by atoms with Crippen LogP contribution in [0.5, 0.6) is 0 Å². The topological polar surface area (TPSA) is 61.8 Å². The predicted octanol–water partition coefficient (Wildman–Crippen LogP) is 4.03. The highest BCUT2D eigenvalue weighted by atomic mass is 16.6. The summed E-state index contributed by atoms with van der Waals surface area (Å²) in [4.78, 5) is 22.8. The standard InChI is InChI=1S/C18H34O5/c1-4-6-7-8-9-10-11-13-22-17(19)14-21-15-18(20)23-16(3)12-5-2/h16H,4-15H2,1-3H3. The molecule has 0 bridgehead atoms. The molecule has 0 aliphatic rings. The molecule has 0 aliphatic carbocycles. The van der Waals surface area contributed by atoms with Crippen LogP contribution in [0, 0.1) is 0 Å². The minimum atomic E-state index is -0.439. The van der Waals surface area contributed by atoms with Gasteiger partial charge in [-0.2, -0.15) is 0 Å². The third-order valence-electron chi connectivity index (χ3n) is 3.48. The number of esters is 2. The van der Waals surface area contributed by atoms with Crippen LogP contribution in [-0.4, -0.2) is 37.9 Å². The molecule has 0 aromatic rings. The van der Waals surface area contributed by atoms with Crippen LogP contribution in [0.25, 0.3) is 0 Å². The summed E-state index contributed by atoms with van der Waals surface area (Å²) in [6.07, 6.45) is 9.92. The van der Waals surface area contributed by atoms with Crippen LogP contribution in [-0.2, 0) is 23.8 Å². The second-order valence-corrected chi connectivity index (χ2v) is 5.92. The van der Waals surface area contributed by atoms with E-state index in [1.807, 2.05) is 13.8 Å². The summed E-state index contributed by atoms with van der Waals surface area (Å²) >= 11 is 0. The Morgan fingerprint density at radius 2 is 1.43 bits per heavy atom. The normalized spacial score (nSPS) is 12.0. The van der Waals surface area contributed by atoms with Crippen LogP contribution in [0.15, 0.2) is 0 Å². The molecular weight excluding hydrogens is 296 g/mol. The lowest BCUT2D eigenvalue weighted by atomic mass is 10.1. The molecule has 136 valence electrons. The second kappa shape index (κ2) is 15.8. The number of hydrogen-bond acceptors (Lipinski definition) is 5. The molecule has 0 N–H and O–H groups in total. The van der Waals surface area contributed by atoms with Gasteiger partial charge in [0.05, 0.1) is 12.7 Å². The zero-order chi connectivity index (χ0) is 17.3. The lowest BCUT2D eigenvalue weighted by molar-refractivity contribution is -0.158. The van der Waals surface area contributed by atoms with Gasteiger partial charge in [-0.25, -0.2) is 9.59 Å². The van der Waals surface area contributed by atoms with Crippen molar-refractivity contribution in [3.8, 4) is 0 Å². The number of carbonyl (C=O) groups excluding carboxylic acids is 2. The van der Waals surface area contributed by atoms with Crippen molar-refractivity contribution >= 4 is 11.9 Å². The molecule has 5 nitrogen and oxygen atoms in total. The third kappa shape index (κ3) is 15.6. The highest BCUT2D eigenvalue weighted by Crippen LogP contribution is 2.07. The molecule has 0 rings (SSSR count). The lowest BCUT2D eigenvalue weighted by Crippen LogP contribution is -2.22. The summed E-state index contributed by atoms with van der Waals surface area (Å²) in [6.45, 7) is 6.09.